The van der Waals surface area contributed by atoms with Crippen molar-refractivity contribution in [3.05, 3.63) is 56.8 Å². The number of pyridine rings is 1. The second-order valence-electron chi connectivity index (χ2n) is 5.53. The van der Waals surface area contributed by atoms with Crippen molar-refractivity contribution in [1.29, 1.82) is 0 Å². The Bertz CT molecular complexity index is 728. The normalized spacial score (nSPS) is 18.6. The van der Waals surface area contributed by atoms with Crippen LogP contribution in [0.1, 0.15) is 18.1 Å². The number of rotatable bonds is 4. The molecule has 0 aliphatic carbocycles. The van der Waals surface area contributed by atoms with E-state index in [4.69, 9.17) is 39.5 Å². The van der Waals surface area contributed by atoms with Crippen LogP contribution in [-0.2, 0) is 0 Å². The Kier molecular flexibility index (Phi) is 5.45. The van der Waals surface area contributed by atoms with Crippen molar-refractivity contribution in [3.63, 3.8) is 0 Å². The zero-order valence-corrected chi connectivity index (χ0v) is 14.6. The summed E-state index contributed by atoms with van der Waals surface area (Å²) in [7, 11) is 0. The van der Waals surface area contributed by atoms with Crippen LogP contribution in [0.25, 0.3) is 0 Å². The van der Waals surface area contributed by atoms with E-state index >= 15 is 0 Å². The predicted octanol–water partition coefficient (Wildman–Crippen LogP) is 5.05. The van der Waals surface area contributed by atoms with Gasteiger partial charge >= 0.3 is 0 Å². The SMILES string of the molecule is Fc1cc(F)c(Cl)c(O[C@H](c2cncc(Cl)c2)[C@@H]2CCNC2)c1Cl. The molecule has 2 heterocycles. The molecule has 0 unspecified atom stereocenters. The van der Waals surface area contributed by atoms with Gasteiger partial charge in [0.15, 0.2) is 5.75 Å². The number of halogens is 5. The van der Waals surface area contributed by atoms with Crippen LogP contribution < -0.4 is 10.1 Å². The lowest BCUT2D eigenvalue weighted by Crippen LogP contribution is -2.22. The summed E-state index contributed by atoms with van der Waals surface area (Å²) < 4.78 is 33.4. The molecule has 1 aliphatic heterocycles. The first kappa shape index (κ1) is 17.7. The Labute approximate surface area is 152 Å². The van der Waals surface area contributed by atoms with E-state index in [9.17, 15) is 8.78 Å². The first-order valence-corrected chi connectivity index (χ1v) is 8.41. The average Bonchev–Trinajstić information content (AvgIpc) is 3.07. The van der Waals surface area contributed by atoms with Gasteiger partial charge in [0.2, 0.25) is 0 Å². The van der Waals surface area contributed by atoms with Gasteiger partial charge in [0, 0.05) is 36.5 Å². The number of hydrogen-bond donors (Lipinski definition) is 1. The van der Waals surface area contributed by atoms with Gasteiger partial charge in [-0.05, 0) is 19.0 Å². The van der Waals surface area contributed by atoms with Gasteiger partial charge in [0.05, 0.1) is 5.02 Å². The molecule has 1 fully saturated rings. The molecule has 0 spiro atoms. The van der Waals surface area contributed by atoms with E-state index in [-0.39, 0.29) is 21.7 Å². The van der Waals surface area contributed by atoms with Crippen molar-refractivity contribution < 1.29 is 13.5 Å². The van der Waals surface area contributed by atoms with Gasteiger partial charge in [-0.3, -0.25) is 4.98 Å². The highest BCUT2D eigenvalue weighted by Crippen LogP contribution is 2.42. The quantitative estimate of drug-likeness (QED) is 0.738. The third-order valence-electron chi connectivity index (χ3n) is 3.90. The molecule has 8 heteroatoms. The minimum Gasteiger partial charge on any atom is -0.482 e. The molecule has 0 bridgehead atoms. The number of aromatic nitrogens is 1. The first-order valence-electron chi connectivity index (χ1n) is 7.28. The van der Waals surface area contributed by atoms with Crippen LogP contribution in [0.15, 0.2) is 24.5 Å². The topological polar surface area (TPSA) is 34.1 Å². The molecule has 128 valence electrons. The molecule has 0 amide bonds. The highest BCUT2D eigenvalue weighted by molar-refractivity contribution is 6.37. The molecule has 1 aromatic carbocycles. The Balaban J connectivity index is 2.02. The molecule has 1 N–H and O–H groups in total. The van der Waals surface area contributed by atoms with Crippen LogP contribution in [0.4, 0.5) is 8.78 Å². The lowest BCUT2D eigenvalue weighted by Gasteiger charge is -2.26. The molecule has 3 nitrogen and oxygen atoms in total. The standard InChI is InChI=1S/C16H13Cl3F2N2O/c17-10-3-9(6-23-7-10)15(8-1-2-22-5-8)24-16-13(18)11(20)4-12(21)14(16)19/h3-4,6-8,15,22H,1-2,5H2/t8-,15+/m1/s1. The summed E-state index contributed by atoms with van der Waals surface area (Å²) in [5, 5.41) is 2.96. The minimum atomic E-state index is -0.930. The summed E-state index contributed by atoms with van der Waals surface area (Å²) in [6.07, 6.45) is 3.38. The Morgan fingerprint density at radius 1 is 1.12 bits per heavy atom. The fourth-order valence-electron chi connectivity index (χ4n) is 2.74. The molecular formula is C16H13Cl3F2N2O. The number of benzene rings is 1. The number of nitrogens with zero attached hydrogens (tertiary/aromatic N) is 1. The van der Waals surface area contributed by atoms with Gasteiger partial charge in [0.25, 0.3) is 0 Å². The zero-order valence-electron chi connectivity index (χ0n) is 12.3. The zero-order chi connectivity index (χ0) is 17.3. The van der Waals surface area contributed by atoms with E-state index in [0.29, 0.717) is 23.2 Å². The summed E-state index contributed by atoms with van der Waals surface area (Å²) in [6.45, 7) is 1.50. The van der Waals surface area contributed by atoms with Crippen molar-refractivity contribution in [2.75, 3.05) is 13.1 Å². The van der Waals surface area contributed by atoms with Crippen molar-refractivity contribution in [3.8, 4) is 5.75 Å². The third kappa shape index (κ3) is 3.59. The molecule has 2 atom stereocenters. The van der Waals surface area contributed by atoms with Crippen LogP contribution in [0.2, 0.25) is 15.1 Å². The number of hydrogen-bond acceptors (Lipinski definition) is 3. The van der Waals surface area contributed by atoms with Gasteiger partial charge in [-0.1, -0.05) is 34.8 Å². The Hall–Kier alpha value is -1.14. The molecule has 24 heavy (non-hydrogen) atoms. The molecular weight excluding hydrogens is 381 g/mol. The van der Waals surface area contributed by atoms with E-state index in [1.54, 1.807) is 12.3 Å². The molecule has 1 aliphatic rings. The van der Waals surface area contributed by atoms with E-state index in [0.717, 1.165) is 13.0 Å². The van der Waals surface area contributed by atoms with Crippen LogP contribution in [0.3, 0.4) is 0 Å². The Morgan fingerprint density at radius 3 is 2.42 bits per heavy atom. The number of nitrogens with one attached hydrogen (secondary N) is 1. The van der Waals surface area contributed by atoms with Crippen molar-refractivity contribution >= 4 is 34.8 Å². The molecule has 2 aromatic rings. The Morgan fingerprint density at radius 2 is 1.83 bits per heavy atom. The second kappa shape index (κ2) is 7.40. The predicted molar refractivity (Wildman–Crippen MR) is 90.0 cm³/mol. The summed E-state index contributed by atoms with van der Waals surface area (Å²) in [4.78, 5) is 4.05. The highest BCUT2D eigenvalue weighted by atomic mass is 35.5. The van der Waals surface area contributed by atoms with E-state index in [1.165, 1.54) is 6.20 Å². The first-order chi connectivity index (χ1) is 11.5. The molecule has 3 rings (SSSR count). The van der Waals surface area contributed by atoms with E-state index in [2.05, 4.69) is 10.3 Å². The largest absolute Gasteiger partial charge is 0.482 e. The van der Waals surface area contributed by atoms with Gasteiger partial charge in [-0.15, -0.1) is 0 Å². The molecule has 0 saturated carbocycles. The van der Waals surface area contributed by atoms with Gasteiger partial charge < -0.3 is 10.1 Å². The lowest BCUT2D eigenvalue weighted by molar-refractivity contribution is 0.143. The lowest BCUT2D eigenvalue weighted by atomic mass is 9.96. The van der Waals surface area contributed by atoms with Crippen molar-refractivity contribution in [1.82, 2.24) is 10.3 Å². The maximum absolute atomic E-state index is 13.8. The van der Waals surface area contributed by atoms with Crippen LogP contribution >= 0.6 is 34.8 Å². The number of ether oxygens (including phenoxy) is 1. The maximum Gasteiger partial charge on any atom is 0.163 e. The van der Waals surface area contributed by atoms with Gasteiger partial charge in [0.1, 0.15) is 27.8 Å². The summed E-state index contributed by atoms with van der Waals surface area (Å²) in [6, 6.07) is 2.33. The summed E-state index contributed by atoms with van der Waals surface area (Å²) in [5.41, 5.74) is 0.688. The summed E-state index contributed by atoms with van der Waals surface area (Å²) >= 11 is 17.9. The van der Waals surface area contributed by atoms with Crippen LogP contribution in [0, 0.1) is 17.6 Å². The fourth-order valence-corrected chi connectivity index (χ4v) is 3.36. The smallest absolute Gasteiger partial charge is 0.163 e. The van der Waals surface area contributed by atoms with Crippen molar-refractivity contribution in [2.24, 2.45) is 5.92 Å². The molecule has 1 saturated heterocycles. The maximum atomic E-state index is 13.8. The van der Waals surface area contributed by atoms with Crippen molar-refractivity contribution in [2.45, 2.75) is 12.5 Å². The third-order valence-corrected chi connectivity index (χ3v) is 4.81. The minimum absolute atomic E-state index is 0.0590. The average molecular weight is 394 g/mol. The monoisotopic (exact) mass is 392 g/mol. The molecule has 1 aromatic heterocycles. The van der Waals surface area contributed by atoms with Gasteiger partial charge in [-0.2, -0.15) is 0 Å². The van der Waals surface area contributed by atoms with Crippen LogP contribution in [0.5, 0.6) is 5.75 Å². The van der Waals surface area contributed by atoms with E-state index in [1.807, 2.05) is 0 Å². The fraction of sp³-hybridized carbons (Fsp3) is 0.312. The van der Waals surface area contributed by atoms with Crippen LogP contribution in [-0.4, -0.2) is 18.1 Å². The summed E-state index contributed by atoms with van der Waals surface area (Å²) in [5.74, 6) is -2.02. The van der Waals surface area contributed by atoms with Gasteiger partial charge in [-0.25, -0.2) is 8.78 Å². The molecule has 0 radical (unpaired) electrons. The van der Waals surface area contributed by atoms with E-state index < -0.39 is 17.7 Å². The highest BCUT2D eigenvalue weighted by Gasteiger charge is 2.31. The second-order valence-corrected chi connectivity index (χ2v) is 6.72.